The summed E-state index contributed by atoms with van der Waals surface area (Å²) in [5, 5.41) is 13.8. The Kier molecular flexibility index (Phi) is 51.3. The molecule has 0 heterocycles. The average Bonchev–Trinajstić information content (AvgIpc) is 3.34. The molecule has 72 heavy (non-hydrogen) atoms. The standard InChI is InChI=1S/C63H113N2O6P/c1-6-8-10-12-14-16-18-20-22-24-26-27-28-29-30-31-32-33-34-35-36-37-39-40-42-44-46-48-50-52-54-56-62(66)61(60-71-72(68,69)70-59-58-65(3,4)5)64-63(67)57-55-53-51-49-47-45-43-41-38-25-23-21-19-17-15-13-11-9-7-2/h9,11,15,17,21,23,38-41,45-48,54,56,61-62,66H,6-8,10,12-14,16,18-20,22,24-37,42-44,49-53,55,57-60H2,1-5H3,(H-,64,67,68,69)/b11-9-,17-15-,23-21-,40-39+,41-38-,47-45-,48-46+,56-54+. The van der Waals surface area contributed by atoms with Crippen molar-refractivity contribution in [3.8, 4) is 0 Å². The lowest BCUT2D eigenvalue weighted by Gasteiger charge is -2.29. The molecule has 0 rings (SSSR count). The zero-order valence-electron chi connectivity index (χ0n) is 47.4. The zero-order chi connectivity index (χ0) is 52.7. The van der Waals surface area contributed by atoms with Gasteiger partial charge in [-0.15, -0.1) is 0 Å². The molecular formula is C63H113N2O6P. The Hall–Kier alpha value is -2.58. The van der Waals surface area contributed by atoms with E-state index in [1.807, 2.05) is 27.2 Å². The second-order valence-corrected chi connectivity index (χ2v) is 22.4. The van der Waals surface area contributed by atoms with Crippen LogP contribution in [0.3, 0.4) is 0 Å². The number of hydrogen-bond donors (Lipinski definition) is 2. The fourth-order valence-corrected chi connectivity index (χ4v) is 8.88. The number of carbonyl (C=O) groups excluding carboxylic acids is 1. The number of nitrogens with zero attached hydrogens (tertiary/aromatic N) is 1. The van der Waals surface area contributed by atoms with Crippen molar-refractivity contribution in [1.29, 1.82) is 0 Å². The van der Waals surface area contributed by atoms with E-state index in [9.17, 15) is 19.4 Å². The highest BCUT2D eigenvalue weighted by atomic mass is 31.2. The van der Waals surface area contributed by atoms with Crippen LogP contribution in [0, 0.1) is 0 Å². The average molecular weight is 1030 g/mol. The maximum Gasteiger partial charge on any atom is 0.268 e. The number of nitrogens with one attached hydrogen (secondary N) is 1. The molecule has 0 aromatic carbocycles. The zero-order valence-corrected chi connectivity index (χ0v) is 48.2. The second kappa shape index (κ2) is 53.3. The third kappa shape index (κ3) is 55.2. The number of rotatable bonds is 53. The number of aliphatic hydroxyl groups is 1. The molecule has 0 fully saturated rings. The first-order valence-electron chi connectivity index (χ1n) is 29.6. The van der Waals surface area contributed by atoms with E-state index in [0.29, 0.717) is 17.4 Å². The predicted octanol–water partition coefficient (Wildman–Crippen LogP) is 17.6. The minimum Gasteiger partial charge on any atom is -0.756 e. The lowest BCUT2D eigenvalue weighted by Crippen LogP contribution is -2.45. The first-order chi connectivity index (χ1) is 35.0. The molecule has 0 aliphatic carbocycles. The first-order valence-corrected chi connectivity index (χ1v) is 31.1. The van der Waals surface area contributed by atoms with E-state index in [0.717, 1.165) is 77.0 Å². The van der Waals surface area contributed by atoms with Gasteiger partial charge in [-0.25, -0.2) is 0 Å². The van der Waals surface area contributed by atoms with Crippen molar-refractivity contribution >= 4 is 13.7 Å². The van der Waals surface area contributed by atoms with Crippen molar-refractivity contribution in [2.75, 3.05) is 40.9 Å². The Bertz CT molecular complexity index is 1490. The number of hydrogen-bond acceptors (Lipinski definition) is 6. The molecule has 0 spiro atoms. The molecule has 0 aromatic heterocycles. The Labute approximate surface area is 445 Å². The van der Waals surface area contributed by atoms with Crippen LogP contribution in [0.5, 0.6) is 0 Å². The molecule has 8 nitrogen and oxygen atoms in total. The van der Waals surface area contributed by atoms with Crippen molar-refractivity contribution in [1.82, 2.24) is 5.32 Å². The second-order valence-electron chi connectivity index (χ2n) is 20.9. The number of amides is 1. The van der Waals surface area contributed by atoms with Gasteiger partial charge in [0.05, 0.1) is 39.9 Å². The Morgan fingerprint density at radius 2 is 0.861 bits per heavy atom. The third-order valence-electron chi connectivity index (χ3n) is 12.8. The SMILES string of the molecule is CC/C=C\C/C=C\C/C=C\C/C=C\C/C=C\CCCCCC(=O)NC(COP(=O)([O-])OCC[N+](C)(C)C)C(O)/C=C/CC/C=C/CC/C=C/CCCCCCCCCCCCCCCCCCCCCCC. The summed E-state index contributed by atoms with van der Waals surface area (Å²) in [7, 11) is 1.20. The smallest absolute Gasteiger partial charge is 0.268 e. The molecule has 0 bridgehead atoms. The van der Waals surface area contributed by atoms with E-state index in [-0.39, 0.29) is 18.9 Å². The maximum absolute atomic E-state index is 12.9. The highest BCUT2D eigenvalue weighted by molar-refractivity contribution is 7.45. The van der Waals surface area contributed by atoms with E-state index < -0.39 is 26.6 Å². The van der Waals surface area contributed by atoms with Gasteiger partial charge in [0.2, 0.25) is 5.91 Å². The topological polar surface area (TPSA) is 108 Å². The van der Waals surface area contributed by atoms with Crippen LogP contribution >= 0.6 is 7.82 Å². The van der Waals surface area contributed by atoms with E-state index in [1.165, 1.54) is 141 Å². The Morgan fingerprint density at radius 1 is 0.500 bits per heavy atom. The number of quaternary nitrogens is 1. The Balaban J connectivity index is 4.28. The number of phosphoric acid groups is 1. The van der Waals surface area contributed by atoms with Crippen LogP contribution in [0.2, 0.25) is 0 Å². The number of phosphoric ester groups is 1. The van der Waals surface area contributed by atoms with E-state index in [1.54, 1.807) is 6.08 Å². The van der Waals surface area contributed by atoms with Crippen LogP contribution in [0.4, 0.5) is 0 Å². The molecule has 0 radical (unpaired) electrons. The highest BCUT2D eigenvalue weighted by Gasteiger charge is 2.23. The summed E-state index contributed by atoms with van der Waals surface area (Å²) in [5.41, 5.74) is 0. The fourth-order valence-electron chi connectivity index (χ4n) is 8.15. The van der Waals surface area contributed by atoms with Crippen molar-refractivity contribution in [2.45, 2.75) is 257 Å². The molecule has 2 N–H and O–H groups in total. The van der Waals surface area contributed by atoms with Gasteiger partial charge in [-0.3, -0.25) is 9.36 Å². The predicted molar refractivity (Wildman–Crippen MR) is 311 cm³/mol. The van der Waals surface area contributed by atoms with Gasteiger partial charge in [0.25, 0.3) is 7.82 Å². The summed E-state index contributed by atoms with van der Waals surface area (Å²) >= 11 is 0. The highest BCUT2D eigenvalue weighted by Crippen LogP contribution is 2.38. The summed E-state index contributed by atoms with van der Waals surface area (Å²) in [5.74, 6) is -0.245. The van der Waals surface area contributed by atoms with Crippen LogP contribution in [0.25, 0.3) is 0 Å². The molecular weight excluding hydrogens is 912 g/mol. The van der Waals surface area contributed by atoms with Gasteiger partial charge in [-0.1, -0.05) is 246 Å². The monoisotopic (exact) mass is 1020 g/mol. The van der Waals surface area contributed by atoms with E-state index in [2.05, 4.69) is 104 Å². The normalized spacial score (nSPS) is 14.6. The molecule has 416 valence electrons. The van der Waals surface area contributed by atoms with Gasteiger partial charge in [-0.2, -0.15) is 0 Å². The largest absolute Gasteiger partial charge is 0.756 e. The van der Waals surface area contributed by atoms with Crippen molar-refractivity contribution in [2.24, 2.45) is 0 Å². The molecule has 0 aliphatic rings. The van der Waals surface area contributed by atoms with Crippen molar-refractivity contribution in [3.63, 3.8) is 0 Å². The summed E-state index contributed by atoms with van der Waals surface area (Å²) < 4.78 is 23.3. The Morgan fingerprint density at radius 3 is 1.29 bits per heavy atom. The molecule has 3 atom stereocenters. The number of unbranched alkanes of at least 4 members (excludes halogenated alkanes) is 26. The maximum atomic E-state index is 12.9. The number of carbonyl (C=O) groups is 1. The van der Waals surface area contributed by atoms with Crippen molar-refractivity contribution < 1.29 is 32.9 Å². The molecule has 9 heteroatoms. The minimum atomic E-state index is -4.63. The van der Waals surface area contributed by atoms with Gasteiger partial charge in [0, 0.05) is 6.42 Å². The summed E-state index contributed by atoms with van der Waals surface area (Å²) in [6.45, 7) is 4.48. The van der Waals surface area contributed by atoms with E-state index >= 15 is 0 Å². The summed E-state index contributed by atoms with van der Waals surface area (Å²) in [4.78, 5) is 25.5. The van der Waals surface area contributed by atoms with E-state index in [4.69, 9.17) is 9.05 Å². The van der Waals surface area contributed by atoms with Gasteiger partial charge < -0.3 is 28.8 Å². The number of aliphatic hydroxyl groups excluding tert-OH is 1. The molecule has 0 saturated carbocycles. The van der Waals surface area contributed by atoms with Crippen LogP contribution < -0.4 is 10.2 Å². The summed E-state index contributed by atoms with van der Waals surface area (Å²) in [6, 6.07) is -0.935. The quantitative estimate of drug-likeness (QED) is 0.0272. The van der Waals surface area contributed by atoms with Gasteiger partial charge in [-0.05, 0) is 89.9 Å². The van der Waals surface area contributed by atoms with Crippen LogP contribution in [0.1, 0.15) is 245 Å². The lowest BCUT2D eigenvalue weighted by molar-refractivity contribution is -0.870. The third-order valence-corrected chi connectivity index (χ3v) is 13.7. The molecule has 0 aliphatic heterocycles. The number of likely N-dealkylation sites (N-methyl/N-ethyl adjacent to an activating group) is 1. The molecule has 0 aromatic rings. The fraction of sp³-hybridized carbons (Fsp3) is 0.730. The number of allylic oxidation sites excluding steroid dienone is 15. The summed E-state index contributed by atoms with van der Waals surface area (Å²) in [6.07, 6.45) is 76.5. The molecule has 3 unspecified atom stereocenters. The van der Waals surface area contributed by atoms with Crippen LogP contribution in [-0.4, -0.2) is 68.5 Å². The van der Waals surface area contributed by atoms with Crippen LogP contribution in [-0.2, 0) is 18.4 Å². The van der Waals surface area contributed by atoms with Crippen molar-refractivity contribution in [3.05, 3.63) is 97.2 Å². The molecule has 1 amide bonds. The van der Waals surface area contributed by atoms with Gasteiger partial charge >= 0.3 is 0 Å². The van der Waals surface area contributed by atoms with Gasteiger partial charge in [0.15, 0.2) is 0 Å². The van der Waals surface area contributed by atoms with Gasteiger partial charge in [0.1, 0.15) is 13.2 Å². The van der Waals surface area contributed by atoms with Crippen LogP contribution in [0.15, 0.2) is 97.2 Å². The molecule has 0 saturated heterocycles. The first kappa shape index (κ1) is 69.4. The lowest BCUT2D eigenvalue weighted by atomic mass is 10.0. The minimum absolute atomic E-state index is 0.0210.